The van der Waals surface area contributed by atoms with Gasteiger partial charge in [0.25, 0.3) is 0 Å². The summed E-state index contributed by atoms with van der Waals surface area (Å²) in [6.45, 7) is 5.85. The van der Waals surface area contributed by atoms with Gasteiger partial charge in [-0.05, 0) is 61.2 Å². The lowest BCUT2D eigenvalue weighted by molar-refractivity contribution is -0.268. The smallest absolute Gasteiger partial charge is 0.242 e. The zero-order valence-corrected chi connectivity index (χ0v) is 30.9. The molecule has 1 aliphatic rings. The number of ether oxygens (including phenoxy) is 2. The average Bonchev–Trinajstić information content (AvgIpc) is 3.56. The maximum Gasteiger partial charge on any atom is 0.242 e. The van der Waals surface area contributed by atoms with Gasteiger partial charge in [-0.25, -0.2) is 8.42 Å². The molecule has 10 nitrogen and oxygen atoms in total. The lowest BCUT2D eigenvalue weighted by atomic mass is 9.91. The first kappa shape index (κ1) is 36.8. The highest BCUT2D eigenvalue weighted by atomic mass is 32.2. The van der Waals surface area contributed by atoms with E-state index in [4.69, 9.17) is 9.47 Å². The van der Waals surface area contributed by atoms with Crippen molar-refractivity contribution in [2.24, 2.45) is 5.92 Å². The minimum absolute atomic E-state index is 0.0223. The van der Waals surface area contributed by atoms with Crippen LogP contribution in [0.2, 0.25) is 0 Å². The number of benzene rings is 4. The Kier molecular flexibility index (Phi) is 12.0. The molecule has 1 amide bonds. The van der Waals surface area contributed by atoms with E-state index < -0.39 is 28.3 Å². The van der Waals surface area contributed by atoms with Gasteiger partial charge < -0.3 is 19.9 Å². The largest absolute Gasteiger partial charge is 0.392 e. The van der Waals surface area contributed by atoms with E-state index in [2.05, 4.69) is 27.2 Å². The number of hydrogen-bond donors (Lipinski definition) is 3. The number of amides is 1. The summed E-state index contributed by atoms with van der Waals surface area (Å²) in [6.07, 6.45) is -1.15. The van der Waals surface area contributed by atoms with E-state index in [1.807, 2.05) is 74.5 Å². The van der Waals surface area contributed by atoms with Gasteiger partial charge in [0.05, 0.1) is 23.7 Å². The molecule has 1 aliphatic heterocycles. The first-order valence-electron chi connectivity index (χ1n) is 16.6. The summed E-state index contributed by atoms with van der Waals surface area (Å²) in [5.74, 6) is 0.0970. The predicted molar refractivity (Wildman–Crippen MR) is 199 cm³/mol. The minimum atomic E-state index is -4.01. The van der Waals surface area contributed by atoms with Crippen molar-refractivity contribution in [1.29, 1.82) is 0 Å². The van der Waals surface area contributed by atoms with Crippen molar-refractivity contribution in [2.75, 3.05) is 11.1 Å². The molecule has 0 aliphatic carbocycles. The fraction of sp³-hybridized carbons (Fsp3) is 0.289. The van der Waals surface area contributed by atoms with Crippen molar-refractivity contribution in [3.63, 3.8) is 0 Å². The number of aliphatic hydroxyl groups is 1. The third-order valence-corrected chi connectivity index (χ3v) is 12.2. The summed E-state index contributed by atoms with van der Waals surface area (Å²) in [4.78, 5) is 13.9. The number of hydrogen-bond acceptors (Lipinski definition) is 10. The summed E-state index contributed by atoms with van der Waals surface area (Å²) < 4.78 is 43.5. The van der Waals surface area contributed by atoms with Gasteiger partial charge in [-0.1, -0.05) is 114 Å². The summed E-state index contributed by atoms with van der Waals surface area (Å²) in [5.41, 5.74) is 4.67. The Morgan fingerprint density at radius 3 is 2.33 bits per heavy atom. The predicted octanol–water partition coefficient (Wildman–Crippen LogP) is 6.76. The van der Waals surface area contributed by atoms with Crippen molar-refractivity contribution >= 4 is 44.7 Å². The maximum atomic E-state index is 13.8. The van der Waals surface area contributed by atoms with Crippen LogP contribution < -0.4 is 10.0 Å². The Morgan fingerprint density at radius 2 is 1.65 bits per heavy atom. The van der Waals surface area contributed by atoms with Crippen molar-refractivity contribution in [2.45, 2.75) is 67.6 Å². The lowest BCUT2D eigenvalue weighted by Gasteiger charge is -2.41. The number of anilines is 1. The molecular formula is C38H40N4O6S3. The summed E-state index contributed by atoms with van der Waals surface area (Å²) >= 11 is 3.13. The number of carbonyl (C=O) groups excluding carboxylic acids is 1. The van der Waals surface area contributed by atoms with E-state index in [0.29, 0.717) is 17.0 Å². The molecule has 0 spiro atoms. The van der Waals surface area contributed by atoms with Crippen LogP contribution in [0.4, 0.5) is 5.69 Å². The molecule has 5 atom stereocenters. The van der Waals surface area contributed by atoms with Gasteiger partial charge in [0.2, 0.25) is 15.9 Å². The van der Waals surface area contributed by atoms with E-state index in [1.165, 1.54) is 23.5 Å². The number of aryl methyl sites for hydroxylation is 2. The van der Waals surface area contributed by atoms with Gasteiger partial charge in [-0.2, -0.15) is 4.72 Å². The molecule has 51 heavy (non-hydrogen) atoms. The van der Waals surface area contributed by atoms with Crippen molar-refractivity contribution < 1.29 is 27.8 Å². The number of aliphatic hydroxyl groups excluding tert-OH is 1. The Hall–Kier alpha value is -3.95. The summed E-state index contributed by atoms with van der Waals surface area (Å²) in [5, 5.41) is 21.8. The third kappa shape index (κ3) is 9.49. The van der Waals surface area contributed by atoms with Crippen molar-refractivity contribution in [1.82, 2.24) is 14.9 Å². The van der Waals surface area contributed by atoms with Gasteiger partial charge in [0.15, 0.2) is 10.6 Å². The van der Waals surface area contributed by atoms with Crippen molar-refractivity contribution in [3.05, 3.63) is 136 Å². The normalized spacial score (nSPS) is 19.8. The van der Waals surface area contributed by atoms with E-state index in [1.54, 1.807) is 42.1 Å². The number of sulfonamides is 1. The molecule has 1 fully saturated rings. The molecule has 0 bridgehead atoms. The van der Waals surface area contributed by atoms with Crippen LogP contribution >= 0.6 is 23.1 Å². The number of nitrogens with zero attached hydrogens (tertiary/aromatic N) is 2. The summed E-state index contributed by atoms with van der Waals surface area (Å²) in [7, 11) is -4.01. The second-order valence-corrected chi connectivity index (χ2v) is 16.7. The van der Waals surface area contributed by atoms with Crippen LogP contribution in [0.1, 0.15) is 52.1 Å². The number of thioether (sulfide) groups is 1. The van der Waals surface area contributed by atoms with Gasteiger partial charge in [0, 0.05) is 22.9 Å². The fourth-order valence-electron chi connectivity index (χ4n) is 5.80. The van der Waals surface area contributed by atoms with Gasteiger partial charge in [-0.15, -0.1) is 10.2 Å². The van der Waals surface area contributed by atoms with Crippen LogP contribution in [0.3, 0.4) is 0 Å². The first-order chi connectivity index (χ1) is 24.6. The Morgan fingerprint density at radius 1 is 0.902 bits per heavy atom. The zero-order chi connectivity index (χ0) is 36.0. The molecule has 0 unspecified atom stereocenters. The highest BCUT2D eigenvalue weighted by molar-refractivity contribution is 8.01. The van der Waals surface area contributed by atoms with E-state index in [-0.39, 0.29) is 36.0 Å². The van der Waals surface area contributed by atoms with Crippen LogP contribution in [0.5, 0.6) is 0 Å². The molecule has 0 radical (unpaired) electrons. The topological polar surface area (TPSA) is 140 Å². The molecule has 6 rings (SSSR count). The molecular weight excluding hydrogens is 705 g/mol. The second-order valence-electron chi connectivity index (χ2n) is 12.5. The number of carbonyl (C=O) groups is 1. The fourth-order valence-corrected chi connectivity index (χ4v) is 9.00. The molecule has 266 valence electrons. The Bertz CT molecular complexity index is 2020. The molecule has 4 aromatic carbocycles. The van der Waals surface area contributed by atoms with Crippen LogP contribution in [0.15, 0.2) is 112 Å². The highest BCUT2D eigenvalue weighted by Gasteiger charge is 2.38. The third-order valence-electron chi connectivity index (χ3n) is 8.66. The van der Waals surface area contributed by atoms with Gasteiger partial charge >= 0.3 is 0 Å². The standard InChI is InChI=1S/C38H40N4O6S3/c1-24-12-18-32(19-13-24)51(45,46)42-33(20-27-8-5-4-6-9-27)36(44)39-31-11-7-10-30(21-31)37-47-34(23-49-38-41-40-26(3)50-38)25(2)35(48-37)29-16-14-28(22-43)15-17-29/h4-19,21,25,33-35,37,42-43H,20,22-23H2,1-3H3,(H,39,44)/t25-,33-,34+,35+,37+/m1/s1. The molecule has 1 saturated heterocycles. The molecule has 2 heterocycles. The van der Waals surface area contributed by atoms with E-state index >= 15 is 0 Å². The van der Waals surface area contributed by atoms with Crippen LogP contribution in [-0.2, 0) is 37.3 Å². The van der Waals surface area contributed by atoms with Gasteiger partial charge in [-0.3, -0.25) is 4.79 Å². The Labute approximate surface area is 306 Å². The molecule has 0 saturated carbocycles. The first-order valence-corrected chi connectivity index (χ1v) is 19.8. The summed E-state index contributed by atoms with van der Waals surface area (Å²) in [6, 6.07) is 29.6. The van der Waals surface area contributed by atoms with Crippen LogP contribution in [0.25, 0.3) is 0 Å². The number of nitrogens with one attached hydrogen (secondary N) is 2. The maximum absolute atomic E-state index is 13.8. The zero-order valence-electron chi connectivity index (χ0n) is 28.4. The SMILES string of the molecule is Cc1ccc(S(=O)(=O)N[C@H](Cc2ccccc2)C(=O)Nc2cccc([C@H]3O[C@@H](CSc4nnc(C)s4)[C@@H](C)[C@@H](c4ccc(CO)cc4)O3)c2)cc1. The minimum Gasteiger partial charge on any atom is -0.392 e. The molecule has 5 aromatic rings. The van der Waals surface area contributed by atoms with E-state index in [9.17, 15) is 18.3 Å². The van der Waals surface area contributed by atoms with Crippen molar-refractivity contribution in [3.8, 4) is 0 Å². The quantitative estimate of drug-likeness (QED) is 0.112. The highest BCUT2D eigenvalue weighted by Crippen LogP contribution is 2.43. The Balaban J connectivity index is 1.23. The number of aromatic nitrogens is 2. The molecule has 3 N–H and O–H groups in total. The average molecular weight is 745 g/mol. The van der Waals surface area contributed by atoms with Crippen LogP contribution in [-0.4, -0.2) is 47.5 Å². The monoisotopic (exact) mass is 744 g/mol. The molecule has 1 aromatic heterocycles. The number of rotatable bonds is 13. The lowest BCUT2D eigenvalue weighted by Crippen LogP contribution is -2.45. The molecule has 13 heteroatoms. The van der Waals surface area contributed by atoms with Gasteiger partial charge in [0.1, 0.15) is 11.0 Å². The second kappa shape index (κ2) is 16.6. The van der Waals surface area contributed by atoms with Crippen LogP contribution in [0, 0.1) is 19.8 Å². The van der Waals surface area contributed by atoms with E-state index in [0.717, 1.165) is 31.6 Å².